The number of pyridine rings is 1. The number of amides is 2. The van der Waals surface area contributed by atoms with E-state index in [-0.39, 0.29) is 18.4 Å². The monoisotopic (exact) mass is 375 g/mol. The first kappa shape index (κ1) is 19.5. The van der Waals surface area contributed by atoms with Crippen molar-refractivity contribution < 1.29 is 9.59 Å². The summed E-state index contributed by atoms with van der Waals surface area (Å²) in [7, 11) is 0. The molecule has 2 aromatic carbocycles. The number of aryl methyl sites for hydroxylation is 2. The topological polar surface area (TPSA) is 71.1 Å². The van der Waals surface area contributed by atoms with Gasteiger partial charge in [-0.25, -0.2) is 4.98 Å². The summed E-state index contributed by atoms with van der Waals surface area (Å²) in [5.74, 6) is -0.473. The number of hydrogen-bond donors (Lipinski definition) is 2. The summed E-state index contributed by atoms with van der Waals surface area (Å²) in [6, 6.07) is 15.5. The highest BCUT2D eigenvalue weighted by atomic mass is 16.2. The summed E-state index contributed by atoms with van der Waals surface area (Å²) >= 11 is 0. The van der Waals surface area contributed by atoms with Crippen molar-refractivity contribution in [1.29, 1.82) is 0 Å². The molecule has 5 nitrogen and oxygen atoms in total. The van der Waals surface area contributed by atoms with Crippen LogP contribution in [0.15, 0.2) is 48.5 Å². The summed E-state index contributed by atoms with van der Waals surface area (Å²) in [4.78, 5) is 29.4. The van der Waals surface area contributed by atoms with Crippen LogP contribution in [-0.4, -0.2) is 29.9 Å². The fraction of sp³-hybridized carbons (Fsp3) is 0.261. The third kappa shape index (κ3) is 4.36. The smallest absolute Gasteiger partial charge is 0.252 e. The molecule has 144 valence electrons. The SMILES string of the molecule is CCCNC(=O)CNC(=O)c1cc(-c2ccc(C)cc2C)nc2ccccc12. The van der Waals surface area contributed by atoms with E-state index in [2.05, 4.69) is 16.7 Å². The van der Waals surface area contributed by atoms with Crippen LogP contribution >= 0.6 is 0 Å². The Morgan fingerprint density at radius 1 is 1.00 bits per heavy atom. The Balaban J connectivity index is 1.96. The number of para-hydroxylation sites is 1. The molecule has 0 spiro atoms. The Morgan fingerprint density at radius 2 is 1.79 bits per heavy atom. The molecule has 0 saturated carbocycles. The van der Waals surface area contributed by atoms with Crippen LogP contribution in [0.5, 0.6) is 0 Å². The fourth-order valence-corrected chi connectivity index (χ4v) is 3.18. The maximum atomic E-state index is 12.8. The van der Waals surface area contributed by atoms with Crippen molar-refractivity contribution >= 4 is 22.7 Å². The number of rotatable bonds is 6. The number of carbonyl (C=O) groups is 2. The Morgan fingerprint density at radius 3 is 2.54 bits per heavy atom. The third-order valence-corrected chi connectivity index (χ3v) is 4.60. The lowest BCUT2D eigenvalue weighted by Gasteiger charge is -2.12. The molecule has 0 bridgehead atoms. The second-order valence-electron chi connectivity index (χ2n) is 6.92. The van der Waals surface area contributed by atoms with Gasteiger partial charge in [-0.2, -0.15) is 0 Å². The molecule has 0 unspecified atom stereocenters. The number of carbonyl (C=O) groups excluding carboxylic acids is 2. The molecule has 0 atom stereocenters. The van der Waals surface area contributed by atoms with Crippen LogP contribution in [0.25, 0.3) is 22.2 Å². The lowest BCUT2D eigenvalue weighted by atomic mass is 9.99. The molecular weight excluding hydrogens is 350 g/mol. The zero-order valence-electron chi connectivity index (χ0n) is 16.5. The number of aromatic nitrogens is 1. The molecule has 5 heteroatoms. The molecule has 28 heavy (non-hydrogen) atoms. The van der Waals surface area contributed by atoms with Gasteiger partial charge in [0.25, 0.3) is 5.91 Å². The molecule has 2 N–H and O–H groups in total. The molecular formula is C23H25N3O2. The zero-order chi connectivity index (χ0) is 20.1. The van der Waals surface area contributed by atoms with Gasteiger partial charge >= 0.3 is 0 Å². The van der Waals surface area contributed by atoms with Gasteiger partial charge in [0, 0.05) is 17.5 Å². The van der Waals surface area contributed by atoms with E-state index >= 15 is 0 Å². The van der Waals surface area contributed by atoms with Gasteiger partial charge in [-0.15, -0.1) is 0 Å². The van der Waals surface area contributed by atoms with Gasteiger partial charge in [0.2, 0.25) is 5.91 Å². The Hall–Kier alpha value is -3.21. The summed E-state index contributed by atoms with van der Waals surface area (Å²) in [6.45, 7) is 6.62. The maximum Gasteiger partial charge on any atom is 0.252 e. The van der Waals surface area contributed by atoms with Gasteiger partial charge in [0.05, 0.1) is 23.3 Å². The lowest BCUT2D eigenvalue weighted by Crippen LogP contribution is -2.37. The average molecular weight is 375 g/mol. The van der Waals surface area contributed by atoms with E-state index in [1.165, 1.54) is 5.56 Å². The quantitative estimate of drug-likeness (QED) is 0.689. The summed E-state index contributed by atoms with van der Waals surface area (Å²) in [5, 5.41) is 6.25. The van der Waals surface area contributed by atoms with E-state index in [0.717, 1.165) is 34.1 Å². The van der Waals surface area contributed by atoms with E-state index < -0.39 is 0 Å². The number of benzene rings is 2. The number of nitrogens with zero attached hydrogens (tertiary/aromatic N) is 1. The highest BCUT2D eigenvalue weighted by molar-refractivity contribution is 6.08. The van der Waals surface area contributed by atoms with Crippen LogP contribution in [0.3, 0.4) is 0 Å². The van der Waals surface area contributed by atoms with Crippen molar-refractivity contribution in [3.8, 4) is 11.3 Å². The van der Waals surface area contributed by atoms with Crippen molar-refractivity contribution in [3.05, 3.63) is 65.2 Å². The predicted molar refractivity (Wildman–Crippen MR) is 112 cm³/mol. The van der Waals surface area contributed by atoms with E-state index in [4.69, 9.17) is 4.98 Å². The first-order chi connectivity index (χ1) is 13.5. The van der Waals surface area contributed by atoms with E-state index in [1.807, 2.05) is 57.2 Å². The minimum Gasteiger partial charge on any atom is -0.355 e. The van der Waals surface area contributed by atoms with Crippen LogP contribution in [0.1, 0.15) is 34.8 Å². The number of fused-ring (bicyclic) bond motifs is 1. The molecule has 3 rings (SSSR count). The average Bonchev–Trinajstić information content (AvgIpc) is 2.69. The van der Waals surface area contributed by atoms with Crippen LogP contribution in [0.4, 0.5) is 0 Å². The minimum absolute atomic E-state index is 0.0472. The zero-order valence-corrected chi connectivity index (χ0v) is 16.5. The Bertz CT molecular complexity index is 1030. The van der Waals surface area contributed by atoms with Crippen LogP contribution in [-0.2, 0) is 4.79 Å². The normalized spacial score (nSPS) is 10.7. The molecule has 0 aliphatic carbocycles. The first-order valence-electron chi connectivity index (χ1n) is 9.52. The summed E-state index contributed by atoms with van der Waals surface area (Å²) < 4.78 is 0. The maximum absolute atomic E-state index is 12.8. The molecule has 1 heterocycles. The predicted octanol–water partition coefficient (Wildman–Crippen LogP) is 3.77. The van der Waals surface area contributed by atoms with Gasteiger partial charge in [0.15, 0.2) is 0 Å². The fourth-order valence-electron chi connectivity index (χ4n) is 3.18. The highest BCUT2D eigenvalue weighted by Crippen LogP contribution is 2.27. The van der Waals surface area contributed by atoms with Crippen LogP contribution in [0.2, 0.25) is 0 Å². The second kappa shape index (κ2) is 8.65. The minimum atomic E-state index is -0.281. The highest BCUT2D eigenvalue weighted by Gasteiger charge is 2.15. The first-order valence-corrected chi connectivity index (χ1v) is 9.52. The molecule has 0 aliphatic rings. The van der Waals surface area contributed by atoms with E-state index in [9.17, 15) is 9.59 Å². The van der Waals surface area contributed by atoms with Crippen molar-refractivity contribution in [1.82, 2.24) is 15.6 Å². The second-order valence-corrected chi connectivity index (χ2v) is 6.92. The van der Waals surface area contributed by atoms with E-state index in [0.29, 0.717) is 12.1 Å². The standard InChI is InChI=1S/C23H25N3O2/c1-4-11-24-22(27)14-25-23(28)19-13-21(17-10-9-15(2)12-16(17)3)26-20-8-6-5-7-18(19)20/h5-10,12-13H,4,11,14H2,1-3H3,(H,24,27)(H,25,28). The molecule has 2 amide bonds. The molecule has 0 radical (unpaired) electrons. The molecule has 0 saturated heterocycles. The van der Waals surface area contributed by atoms with Crippen molar-refractivity contribution in [2.75, 3.05) is 13.1 Å². The Labute approximate surface area is 165 Å². The molecule has 0 aliphatic heterocycles. The summed E-state index contributed by atoms with van der Waals surface area (Å²) in [5.41, 5.74) is 5.29. The van der Waals surface area contributed by atoms with Gasteiger partial charge in [-0.05, 0) is 38.0 Å². The van der Waals surface area contributed by atoms with Gasteiger partial charge in [-0.1, -0.05) is 48.9 Å². The van der Waals surface area contributed by atoms with Gasteiger partial charge in [-0.3, -0.25) is 9.59 Å². The largest absolute Gasteiger partial charge is 0.355 e. The Kier molecular flexibility index (Phi) is 6.04. The van der Waals surface area contributed by atoms with Crippen LogP contribution < -0.4 is 10.6 Å². The lowest BCUT2D eigenvalue weighted by molar-refractivity contribution is -0.120. The molecule has 3 aromatic rings. The van der Waals surface area contributed by atoms with Crippen molar-refractivity contribution in [2.24, 2.45) is 0 Å². The van der Waals surface area contributed by atoms with Gasteiger partial charge < -0.3 is 10.6 Å². The summed E-state index contributed by atoms with van der Waals surface area (Å²) in [6.07, 6.45) is 0.855. The molecule has 0 fully saturated rings. The van der Waals surface area contributed by atoms with Crippen LogP contribution in [0, 0.1) is 13.8 Å². The number of hydrogen-bond acceptors (Lipinski definition) is 3. The van der Waals surface area contributed by atoms with Crippen molar-refractivity contribution in [3.63, 3.8) is 0 Å². The number of nitrogens with one attached hydrogen (secondary N) is 2. The molecule has 1 aromatic heterocycles. The van der Waals surface area contributed by atoms with Crippen molar-refractivity contribution in [2.45, 2.75) is 27.2 Å². The third-order valence-electron chi connectivity index (χ3n) is 4.60. The van der Waals surface area contributed by atoms with Gasteiger partial charge in [0.1, 0.15) is 0 Å². The van der Waals surface area contributed by atoms with E-state index in [1.54, 1.807) is 6.07 Å².